The fourth-order valence-electron chi connectivity index (χ4n) is 1.06. The molecule has 1 aliphatic heterocycles. The van der Waals surface area contributed by atoms with Gasteiger partial charge in [-0.15, -0.1) is 0 Å². The Hall–Kier alpha value is -1.18. The summed E-state index contributed by atoms with van der Waals surface area (Å²) in [6.45, 7) is 3.12. The van der Waals surface area contributed by atoms with Crippen LogP contribution in [0, 0.1) is 5.92 Å². The summed E-state index contributed by atoms with van der Waals surface area (Å²) in [5.74, 6) is 0.502. The SMILES string of the molecule is CC/C=C\C1/C=C\N/C=C\NC1. The summed E-state index contributed by atoms with van der Waals surface area (Å²) < 4.78 is 0. The Morgan fingerprint density at radius 3 is 3.17 bits per heavy atom. The minimum absolute atomic E-state index is 0.502. The number of nitrogens with one attached hydrogen (secondary N) is 2. The van der Waals surface area contributed by atoms with Crippen molar-refractivity contribution in [3.05, 3.63) is 36.8 Å². The van der Waals surface area contributed by atoms with Crippen LogP contribution in [0.3, 0.4) is 0 Å². The molecule has 0 aromatic heterocycles. The molecular weight excluding hydrogens is 148 g/mol. The molecule has 1 rings (SSSR count). The molecule has 0 aromatic carbocycles. The minimum Gasteiger partial charge on any atom is -0.389 e. The van der Waals surface area contributed by atoms with Gasteiger partial charge in [0.25, 0.3) is 0 Å². The van der Waals surface area contributed by atoms with Gasteiger partial charge in [-0.3, -0.25) is 0 Å². The highest BCUT2D eigenvalue weighted by molar-refractivity contribution is 5.04. The van der Waals surface area contributed by atoms with Gasteiger partial charge in [-0.25, -0.2) is 0 Å². The zero-order valence-electron chi connectivity index (χ0n) is 7.46. The van der Waals surface area contributed by atoms with Gasteiger partial charge in [0.1, 0.15) is 0 Å². The quantitative estimate of drug-likeness (QED) is 0.607. The summed E-state index contributed by atoms with van der Waals surface area (Å²) in [5.41, 5.74) is 0. The molecule has 0 aromatic rings. The van der Waals surface area contributed by atoms with Crippen LogP contribution in [0.1, 0.15) is 13.3 Å². The van der Waals surface area contributed by atoms with E-state index in [-0.39, 0.29) is 0 Å². The highest BCUT2D eigenvalue weighted by Gasteiger charge is 1.97. The molecule has 2 N–H and O–H groups in total. The Labute approximate surface area is 74.0 Å². The smallest absolute Gasteiger partial charge is 0.0240 e. The number of hydrogen-bond acceptors (Lipinski definition) is 2. The lowest BCUT2D eigenvalue weighted by Gasteiger charge is -2.09. The first kappa shape index (κ1) is 8.91. The van der Waals surface area contributed by atoms with Crippen molar-refractivity contribution >= 4 is 0 Å². The van der Waals surface area contributed by atoms with Crippen LogP contribution in [0.4, 0.5) is 0 Å². The number of hydrogen-bond donors (Lipinski definition) is 2. The summed E-state index contributed by atoms with van der Waals surface area (Å²) in [4.78, 5) is 0. The first-order valence-corrected chi connectivity index (χ1v) is 4.41. The van der Waals surface area contributed by atoms with Crippen LogP contribution >= 0.6 is 0 Å². The monoisotopic (exact) mass is 164 g/mol. The van der Waals surface area contributed by atoms with Crippen molar-refractivity contribution in [1.29, 1.82) is 0 Å². The summed E-state index contributed by atoms with van der Waals surface area (Å²) in [6.07, 6.45) is 13.5. The minimum atomic E-state index is 0.502. The van der Waals surface area contributed by atoms with E-state index in [1.807, 2.05) is 18.6 Å². The fourth-order valence-corrected chi connectivity index (χ4v) is 1.06. The van der Waals surface area contributed by atoms with Gasteiger partial charge in [0.2, 0.25) is 0 Å². The van der Waals surface area contributed by atoms with Crippen molar-refractivity contribution in [1.82, 2.24) is 10.6 Å². The Balaban J connectivity index is 2.42. The Morgan fingerprint density at radius 2 is 2.33 bits per heavy atom. The summed E-state index contributed by atoms with van der Waals surface area (Å²) in [5, 5.41) is 6.24. The lowest BCUT2D eigenvalue weighted by Crippen LogP contribution is -2.17. The molecule has 1 heterocycles. The van der Waals surface area contributed by atoms with Gasteiger partial charge >= 0.3 is 0 Å². The van der Waals surface area contributed by atoms with E-state index in [1.54, 1.807) is 0 Å². The van der Waals surface area contributed by atoms with Gasteiger partial charge in [-0.2, -0.15) is 0 Å². The summed E-state index contributed by atoms with van der Waals surface area (Å²) in [7, 11) is 0. The second-order valence-electron chi connectivity index (χ2n) is 2.77. The van der Waals surface area contributed by atoms with Crippen molar-refractivity contribution in [2.24, 2.45) is 5.92 Å². The van der Waals surface area contributed by atoms with Gasteiger partial charge < -0.3 is 10.6 Å². The molecule has 1 atom stereocenters. The molecule has 2 heteroatoms. The zero-order valence-corrected chi connectivity index (χ0v) is 7.46. The van der Waals surface area contributed by atoms with Gasteiger partial charge in [0.15, 0.2) is 0 Å². The van der Waals surface area contributed by atoms with Crippen LogP contribution in [0.25, 0.3) is 0 Å². The van der Waals surface area contributed by atoms with Crippen molar-refractivity contribution in [3.63, 3.8) is 0 Å². The van der Waals surface area contributed by atoms with Gasteiger partial charge in [-0.05, 0) is 12.6 Å². The van der Waals surface area contributed by atoms with E-state index >= 15 is 0 Å². The van der Waals surface area contributed by atoms with Gasteiger partial charge in [-0.1, -0.05) is 25.2 Å². The van der Waals surface area contributed by atoms with Gasteiger partial charge in [0.05, 0.1) is 0 Å². The first-order chi connectivity index (χ1) is 5.93. The standard InChI is InChI=1S/C10H16N2/c1-2-3-4-10-5-6-11-7-8-12-9-10/h3-8,10-12H,2,9H2,1H3/b4-3-,6-5-,8-7-. The highest BCUT2D eigenvalue weighted by Crippen LogP contribution is 2.01. The molecular formula is C10H16N2. The van der Waals surface area contributed by atoms with Gasteiger partial charge in [0, 0.05) is 24.9 Å². The lowest BCUT2D eigenvalue weighted by atomic mass is 10.1. The van der Waals surface area contributed by atoms with E-state index < -0.39 is 0 Å². The third kappa shape index (κ3) is 3.28. The maximum atomic E-state index is 3.20. The molecule has 1 aliphatic rings. The molecule has 66 valence electrons. The van der Waals surface area contributed by atoms with Crippen LogP contribution in [0.5, 0.6) is 0 Å². The largest absolute Gasteiger partial charge is 0.389 e. The molecule has 12 heavy (non-hydrogen) atoms. The Morgan fingerprint density at radius 1 is 1.42 bits per heavy atom. The maximum absolute atomic E-state index is 3.20. The van der Waals surface area contributed by atoms with E-state index in [2.05, 4.69) is 35.8 Å². The average molecular weight is 164 g/mol. The zero-order chi connectivity index (χ0) is 8.65. The third-order valence-electron chi connectivity index (χ3n) is 1.71. The van der Waals surface area contributed by atoms with E-state index in [4.69, 9.17) is 0 Å². The van der Waals surface area contributed by atoms with Crippen LogP contribution in [-0.4, -0.2) is 6.54 Å². The third-order valence-corrected chi connectivity index (χ3v) is 1.71. The second-order valence-corrected chi connectivity index (χ2v) is 2.77. The molecule has 0 spiro atoms. The van der Waals surface area contributed by atoms with Crippen molar-refractivity contribution in [2.75, 3.05) is 6.54 Å². The fraction of sp³-hybridized carbons (Fsp3) is 0.400. The molecule has 0 bridgehead atoms. The predicted octanol–water partition coefficient (Wildman–Crippen LogP) is 1.75. The lowest BCUT2D eigenvalue weighted by molar-refractivity contribution is 0.714. The molecule has 0 saturated heterocycles. The van der Waals surface area contributed by atoms with Crippen LogP contribution in [0.2, 0.25) is 0 Å². The van der Waals surface area contributed by atoms with E-state index in [0.717, 1.165) is 13.0 Å². The molecule has 0 fully saturated rings. The molecule has 0 aliphatic carbocycles. The molecule has 2 nitrogen and oxygen atoms in total. The van der Waals surface area contributed by atoms with Crippen molar-refractivity contribution in [2.45, 2.75) is 13.3 Å². The van der Waals surface area contributed by atoms with Crippen molar-refractivity contribution in [3.8, 4) is 0 Å². The highest BCUT2D eigenvalue weighted by atomic mass is 14.9. The van der Waals surface area contributed by atoms with Crippen molar-refractivity contribution < 1.29 is 0 Å². The first-order valence-electron chi connectivity index (χ1n) is 4.41. The topological polar surface area (TPSA) is 24.1 Å². The van der Waals surface area contributed by atoms with E-state index in [9.17, 15) is 0 Å². The second kappa shape index (κ2) is 5.47. The summed E-state index contributed by atoms with van der Waals surface area (Å²) in [6, 6.07) is 0. The molecule has 0 saturated carbocycles. The van der Waals surface area contributed by atoms with Crippen LogP contribution in [-0.2, 0) is 0 Å². The molecule has 0 amide bonds. The van der Waals surface area contributed by atoms with Crippen LogP contribution in [0.15, 0.2) is 36.8 Å². The molecule has 1 unspecified atom stereocenters. The van der Waals surface area contributed by atoms with E-state index in [1.165, 1.54) is 0 Å². The number of rotatable bonds is 2. The normalized spacial score (nSPS) is 28.2. The van der Waals surface area contributed by atoms with Crippen LogP contribution < -0.4 is 10.6 Å². The Bertz CT molecular complexity index is 192. The summed E-state index contributed by atoms with van der Waals surface area (Å²) >= 11 is 0. The predicted molar refractivity (Wildman–Crippen MR) is 52.3 cm³/mol. The number of allylic oxidation sites excluding steroid dienone is 1. The molecule has 0 radical (unpaired) electrons. The maximum Gasteiger partial charge on any atom is 0.0240 e. The Kier molecular flexibility index (Phi) is 4.06. The average Bonchev–Trinajstić information content (AvgIpc) is 2.02. The van der Waals surface area contributed by atoms with E-state index in [0.29, 0.717) is 5.92 Å².